The van der Waals surface area contributed by atoms with Crippen molar-refractivity contribution in [2.45, 2.75) is 25.3 Å². The molecule has 2 heterocycles. The van der Waals surface area contributed by atoms with Gasteiger partial charge >= 0.3 is 0 Å². The molecule has 7 nitrogen and oxygen atoms in total. The molecule has 1 fully saturated rings. The van der Waals surface area contributed by atoms with Crippen molar-refractivity contribution in [2.75, 3.05) is 32.3 Å². The number of morpholine rings is 1. The number of nitrogens with one attached hydrogen (secondary N) is 1. The van der Waals surface area contributed by atoms with Crippen LogP contribution in [-0.4, -0.2) is 48.0 Å². The standard InChI is InChI=1S/C22H24ClFN4O3/c1-3-22(15-8-9-18(24)17(23)12-15,28-10-11-30-13-20(28)29-2)31-27-21-16-6-4-5-7-19(16)25-14-26-21/h4-9,12,14,20H,3,10-11,13H2,1-2H3,(H,25,26,27). The first-order valence-corrected chi connectivity index (χ1v) is 10.4. The molecule has 9 heteroatoms. The Labute approximate surface area is 185 Å². The highest BCUT2D eigenvalue weighted by Gasteiger charge is 2.45. The van der Waals surface area contributed by atoms with Crippen LogP contribution in [0.3, 0.4) is 0 Å². The summed E-state index contributed by atoms with van der Waals surface area (Å²) in [7, 11) is 1.62. The average molecular weight is 447 g/mol. The monoisotopic (exact) mass is 446 g/mol. The van der Waals surface area contributed by atoms with Crippen molar-refractivity contribution in [1.82, 2.24) is 14.9 Å². The molecule has 1 aliphatic rings. The summed E-state index contributed by atoms with van der Waals surface area (Å²) in [5, 5.41) is 0.839. The van der Waals surface area contributed by atoms with Gasteiger partial charge in [-0.05, 0) is 30.7 Å². The number of halogens is 2. The Balaban J connectivity index is 1.76. The van der Waals surface area contributed by atoms with E-state index >= 15 is 0 Å². The Morgan fingerprint density at radius 3 is 2.90 bits per heavy atom. The van der Waals surface area contributed by atoms with E-state index in [9.17, 15) is 4.39 Å². The molecule has 0 bridgehead atoms. The molecule has 1 saturated heterocycles. The summed E-state index contributed by atoms with van der Waals surface area (Å²) in [5.74, 6) is 0.0364. The van der Waals surface area contributed by atoms with E-state index in [1.165, 1.54) is 12.4 Å². The average Bonchev–Trinajstić information content (AvgIpc) is 2.82. The predicted molar refractivity (Wildman–Crippen MR) is 116 cm³/mol. The minimum atomic E-state index is -1.02. The maximum absolute atomic E-state index is 13.9. The molecule has 2 atom stereocenters. The summed E-state index contributed by atoms with van der Waals surface area (Å²) >= 11 is 6.14. The summed E-state index contributed by atoms with van der Waals surface area (Å²) in [6, 6.07) is 12.2. The number of para-hydroxylation sites is 1. The molecular weight excluding hydrogens is 423 g/mol. The van der Waals surface area contributed by atoms with Crippen LogP contribution in [0.4, 0.5) is 10.2 Å². The van der Waals surface area contributed by atoms with Crippen LogP contribution in [0, 0.1) is 5.82 Å². The Kier molecular flexibility index (Phi) is 6.64. The van der Waals surface area contributed by atoms with Gasteiger partial charge in [-0.25, -0.2) is 29.6 Å². The van der Waals surface area contributed by atoms with E-state index in [0.29, 0.717) is 37.6 Å². The van der Waals surface area contributed by atoms with Gasteiger partial charge in [0.05, 0.1) is 23.8 Å². The molecule has 0 saturated carbocycles. The van der Waals surface area contributed by atoms with Crippen LogP contribution < -0.4 is 5.48 Å². The van der Waals surface area contributed by atoms with Crippen molar-refractivity contribution in [3.8, 4) is 0 Å². The number of ether oxygens (including phenoxy) is 2. The van der Waals surface area contributed by atoms with Gasteiger partial charge in [-0.15, -0.1) is 0 Å². The number of nitrogens with zero attached hydrogens (tertiary/aromatic N) is 3. The molecule has 0 spiro atoms. The van der Waals surface area contributed by atoms with Gasteiger partial charge < -0.3 is 9.47 Å². The van der Waals surface area contributed by atoms with E-state index in [1.807, 2.05) is 31.2 Å². The van der Waals surface area contributed by atoms with Gasteiger partial charge in [0.25, 0.3) is 0 Å². The fourth-order valence-corrected chi connectivity index (χ4v) is 4.09. The first-order valence-electron chi connectivity index (χ1n) is 10.1. The number of fused-ring (bicyclic) bond motifs is 1. The highest BCUT2D eigenvalue weighted by atomic mass is 35.5. The topological polar surface area (TPSA) is 68.7 Å². The zero-order valence-corrected chi connectivity index (χ0v) is 18.1. The van der Waals surface area contributed by atoms with Gasteiger partial charge in [0.15, 0.2) is 11.5 Å². The molecule has 1 aromatic heterocycles. The van der Waals surface area contributed by atoms with E-state index in [2.05, 4.69) is 20.3 Å². The zero-order valence-electron chi connectivity index (χ0n) is 17.3. The van der Waals surface area contributed by atoms with Gasteiger partial charge in [-0.3, -0.25) is 0 Å². The van der Waals surface area contributed by atoms with E-state index in [1.54, 1.807) is 19.2 Å². The third-order valence-electron chi connectivity index (χ3n) is 5.53. The van der Waals surface area contributed by atoms with Gasteiger partial charge in [0, 0.05) is 24.6 Å². The molecule has 0 radical (unpaired) electrons. The molecular formula is C22H24ClFN4O3. The highest BCUT2D eigenvalue weighted by molar-refractivity contribution is 6.30. The second kappa shape index (κ2) is 9.42. The molecule has 3 aromatic rings. The van der Waals surface area contributed by atoms with Crippen molar-refractivity contribution < 1.29 is 18.7 Å². The summed E-state index contributed by atoms with van der Waals surface area (Å²) in [4.78, 5) is 17.1. The smallest absolute Gasteiger partial charge is 0.176 e. The molecule has 0 aliphatic carbocycles. The second-order valence-electron chi connectivity index (χ2n) is 7.17. The molecule has 2 aromatic carbocycles. The SMILES string of the molecule is CCC(ONc1ncnc2ccccc12)(c1ccc(F)c(Cl)c1)N1CCOCC1OC. The third kappa shape index (κ3) is 4.22. The lowest BCUT2D eigenvalue weighted by atomic mass is 9.97. The minimum Gasteiger partial charge on any atom is -0.376 e. The van der Waals surface area contributed by atoms with Crippen molar-refractivity contribution in [3.05, 3.63) is 65.2 Å². The summed E-state index contributed by atoms with van der Waals surface area (Å²) in [6.07, 6.45) is 1.63. The highest BCUT2D eigenvalue weighted by Crippen LogP contribution is 2.38. The molecule has 2 unspecified atom stereocenters. The maximum atomic E-state index is 13.9. The van der Waals surface area contributed by atoms with Crippen LogP contribution in [0.15, 0.2) is 48.8 Å². The van der Waals surface area contributed by atoms with Crippen LogP contribution in [0.1, 0.15) is 18.9 Å². The van der Waals surface area contributed by atoms with Crippen molar-refractivity contribution in [3.63, 3.8) is 0 Å². The maximum Gasteiger partial charge on any atom is 0.176 e. The molecule has 31 heavy (non-hydrogen) atoms. The number of benzene rings is 2. The third-order valence-corrected chi connectivity index (χ3v) is 5.82. The van der Waals surface area contributed by atoms with Crippen LogP contribution in [-0.2, 0) is 20.0 Å². The van der Waals surface area contributed by atoms with E-state index in [0.717, 1.165) is 10.9 Å². The number of rotatable bonds is 7. The predicted octanol–water partition coefficient (Wildman–Crippen LogP) is 4.33. The lowest BCUT2D eigenvalue weighted by Crippen LogP contribution is -2.59. The molecule has 4 rings (SSSR count). The fourth-order valence-electron chi connectivity index (χ4n) is 3.91. The minimum absolute atomic E-state index is 0.0219. The van der Waals surface area contributed by atoms with Crippen LogP contribution >= 0.6 is 11.6 Å². The fraction of sp³-hybridized carbons (Fsp3) is 0.364. The van der Waals surface area contributed by atoms with Gasteiger partial charge in [-0.1, -0.05) is 36.7 Å². The molecule has 0 amide bonds. The van der Waals surface area contributed by atoms with Gasteiger partial charge in [0.1, 0.15) is 18.4 Å². The largest absolute Gasteiger partial charge is 0.376 e. The van der Waals surface area contributed by atoms with Crippen LogP contribution in [0.5, 0.6) is 0 Å². The summed E-state index contributed by atoms with van der Waals surface area (Å²) in [6.45, 7) is 3.43. The number of hydrogen-bond donors (Lipinski definition) is 1. The van der Waals surface area contributed by atoms with E-state index in [-0.39, 0.29) is 11.3 Å². The lowest BCUT2D eigenvalue weighted by molar-refractivity contribution is -0.245. The number of aromatic nitrogens is 2. The molecule has 1 aliphatic heterocycles. The first-order chi connectivity index (χ1) is 15.1. The summed E-state index contributed by atoms with van der Waals surface area (Å²) < 4.78 is 25.2. The Morgan fingerprint density at radius 1 is 1.29 bits per heavy atom. The van der Waals surface area contributed by atoms with Crippen LogP contribution in [0.2, 0.25) is 5.02 Å². The molecule has 1 N–H and O–H groups in total. The first kappa shape index (κ1) is 21.9. The Bertz CT molecular complexity index is 1050. The van der Waals surface area contributed by atoms with E-state index in [4.69, 9.17) is 25.9 Å². The Morgan fingerprint density at radius 2 is 2.13 bits per heavy atom. The van der Waals surface area contributed by atoms with Crippen molar-refractivity contribution >= 4 is 28.3 Å². The normalized spacial score (nSPS) is 19.3. The van der Waals surface area contributed by atoms with Crippen molar-refractivity contribution in [2.24, 2.45) is 0 Å². The van der Waals surface area contributed by atoms with E-state index < -0.39 is 11.5 Å². The lowest BCUT2D eigenvalue weighted by Gasteiger charge is -2.47. The Hall–Kier alpha value is -2.36. The molecule has 164 valence electrons. The van der Waals surface area contributed by atoms with Gasteiger partial charge in [0.2, 0.25) is 0 Å². The summed E-state index contributed by atoms with van der Waals surface area (Å²) in [5.41, 5.74) is 3.49. The van der Waals surface area contributed by atoms with Crippen LogP contribution in [0.25, 0.3) is 10.9 Å². The zero-order chi connectivity index (χ0) is 21.8. The number of anilines is 1. The van der Waals surface area contributed by atoms with Gasteiger partial charge in [-0.2, -0.15) is 0 Å². The van der Waals surface area contributed by atoms with Crippen molar-refractivity contribution in [1.29, 1.82) is 0 Å². The number of methoxy groups -OCH3 is 1. The quantitative estimate of drug-likeness (QED) is 0.541. The number of hydrogen-bond acceptors (Lipinski definition) is 7. The second-order valence-corrected chi connectivity index (χ2v) is 7.58.